The van der Waals surface area contributed by atoms with Crippen molar-refractivity contribution in [1.82, 2.24) is 24.9 Å². The Hall–Kier alpha value is -4.61. The minimum Gasteiger partial charge on any atom is -0.391 e. The van der Waals surface area contributed by atoms with Crippen molar-refractivity contribution in [2.45, 2.75) is 52.2 Å². The third kappa shape index (κ3) is 6.31. The Morgan fingerprint density at radius 3 is 2.80 bits per heavy atom. The molecule has 6 rings (SSSR count). The molecule has 0 radical (unpaired) electrons. The van der Waals surface area contributed by atoms with Crippen LogP contribution in [0.25, 0.3) is 17.3 Å². The number of hydrogen-bond acceptors (Lipinski definition) is 8. The highest BCUT2D eigenvalue weighted by Gasteiger charge is 2.24. The van der Waals surface area contributed by atoms with E-state index in [4.69, 9.17) is 9.97 Å². The average molecular weight is 611 g/mol. The van der Waals surface area contributed by atoms with E-state index < -0.39 is 17.8 Å². The van der Waals surface area contributed by atoms with Crippen LogP contribution in [0.2, 0.25) is 0 Å². The van der Waals surface area contributed by atoms with Gasteiger partial charge in [-0.15, -0.1) is 0 Å². The normalized spacial score (nSPS) is 17.7. The average Bonchev–Trinajstić information content (AvgIpc) is 3.65. The molecule has 234 valence electrons. The molecule has 2 atom stereocenters. The zero-order valence-electron chi connectivity index (χ0n) is 25.8. The van der Waals surface area contributed by atoms with Gasteiger partial charge in [0, 0.05) is 43.2 Å². The Bertz CT molecular complexity index is 1800. The molecule has 1 aliphatic carbocycles. The van der Waals surface area contributed by atoms with Crippen LogP contribution in [0, 0.1) is 12.8 Å². The molecule has 11 heteroatoms. The van der Waals surface area contributed by atoms with E-state index in [1.807, 2.05) is 24.4 Å². The van der Waals surface area contributed by atoms with Crippen LogP contribution in [0.5, 0.6) is 0 Å². The Balaban J connectivity index is 1.27. The molecule has 2 aromatic heterocycles. The maximum atomic E-state index is 13.4. The molecule has 2 aromatic carbocycles. The van der Waals surface area contributed by atoms with E-state index in [-0.39, 0.29) is 11.8 Å². The smallest absolute Gasteiger partial charge is 0.283 e. The number of piperidine rings is 1. The van der Waals surface area contributed by atoms with Crippen LogP contribution in [0.15, 0.2) is 55.0 Å². The van der Waals surface area contributed by atoms with Gasteiger partial charge < -0.3 is 26.4 Å². The fourth-order valence-corrected chi connectivity index (χ4v) is 6.10. The molecule has 0 spiro atoms. The summed E-state index contributed by atoms with van der Waals surface area (Å²) in [4.78, 5) is 21.7. The van der Waals surface area contributed by atoms with Crippen LogP contribution < -0.4 is 21.3 Å². The number of fused-ring (bicyclic) bond motifs is 2. The molecular weight excluding hydrogens is 571 g/mol. The van der Waals surface area contributed by atoms with Crippen LogP contribution >= 0.6 is 0 Å². The van der Waals surface area contributed by atoms with E-state index in [1.165, 1.54) is 0 Å². The maximum Gasteiger partial charge on any atom is 0.283 e. The number of amides is 1. The first-order valence-electron chi connectivity index (χ1n) is 15.4. The molecular formula is C34H39FN8O2. The summed E-state index contributed by atoms with van der Waals surface area (Å²) in [6, 6.07) is 11.8. The third-order valence-electron chi connectivity index (χ3n) is 8.71. The molecule has 5 N–H and O–H groups in total. The second-order valence-corrected chi connectivity index (χ2v) is 12.1. The highest BCUT2D eigenvalue weighted by atomic mass is 19.1. The zero-order valence-corrected chi connectivity index (χ0v) is 25.8. The van der Waals surface area contributed by atoms with Crippen molar-refractivity contribution in [3.8, 4) is 0 Å². The topological polar surface area (TPSA) is 128 Å². The molecule has 1 amide bonds. The largest absolute Gasteiger partial charge is 0.391 e. The second kappa shape index (κ2) is 12.8. The van der Waals surface area contributed by atoms with Crippen molar-refractivity contribution in [2.24, 2.45) is 5.92 Å². The van der Waals surface area contributed by atoms with Gasteiger partial charge in [-0.3, -0.25) is 4.79 Å². The summed E-state index contributed by atoms with van der Waals surface area (Å²) >= 11 is 0. The minimum atomic E-state index is -1.02. The van der Waals surface area contributed by atoms with Gasteiger partial charge in [0.1, 0.15) is 0 Å². The lowest BCUT2D eigenvalue weighted by Gasteiger charge is -2.28. The number of rotatable bonds is 10. The quantitative estimate of drug-likeness (QED) is 0.158. The minimum absolute atomic E-state index is 0.111. The number of anilines is 3. The molecule has 0 bridgehead atoms. The number of allylic oxidation sites excluding steroid dienone is 1. The van der Waals surface area contributed by atoms with E-state index in [1.54, 1.807) is 10.6 Å². The number of carbonyl (C=O) groups is 1. The highest BCUT2D eigenvalue weighted by molar-refractivity contribution is 6.03. The van der Waals surface area contributed by atoms with Crippen molar-refractivity contribution < 1.29 is 14.3 Å². The van der Waals surface area contributed by atoms with E-state index in [0.29, 0.717) is 43.6 Å². The fourth-order valence-electron chi connectivity index (χ4n) is 6.10. The number of aliphatic hydroxyl groups excluding tert-OH is 1. The maximum absolute atomic E-state index is 13.4. The van der Waals surface area contributed by atoms with Gasteiger partial charge >= 0.3 is 0 Å². The lowest BCUT2D eigenvalue weighted by atomic mass is 9.94. The number of nitrogens with zero attached hydrogens (tertiary/aromatic N) is 4. The molecule has 10 nitrogen and oxygen atoms in total. The summed E-state index contributed by atoms with van der Waals surface area (Å²) in [7, 11) is 0. The first kappa shape index (κ1) is 30.4. The molecule has 45 heavy (non-hydrogen) atoms. The van der Waals surface area contributed by atoms with Crippen LogP contribution in [-0.4, -0.2) is 56.3 Å². The van der Waals surface area contributed by atoms with Crippen LogP contribution in [-0.2, 0) is 17.8 Å². The number of β-amino-alcohol motifs (C(OH)–C–C–N with tert-alkyl or cyclic N) is 1. The Morgan fingerprint density at radius 1 is 1.20 bits per heavy atom. The molecule has 0 unspecified atom stereocenters. The number of aromatic nitrogens is 4. The summed E-state index contributed by atoms with van der Waals surface area (Å²) < 4.78 is 15.2. The number of carbonyl (C=O) groups excluding carboxylic acids is 1. The van der Waals surface area contributed by atoms with Gasteiger partial charge in [0.15, 0.2) is 11.5 Å². The lowest BCUT2D eigenvalue weighted by molar-refractivity contribution is -0.114. The summed E-state index contributed by atoms with van der Waals surface area (Å²) in [5.74, 6) is -0.476. The Kier molecular flexibility index (Phi) is 8.64. The predicted octanol–water partition coefficient (Wildman–Crippen LogP) is 5.07. The van der Waals surface area contributed by atoms with Gasteiger partial charge in [0.05, 0.1) is 12.3 Å². The first-order chi connectivity index (χ1) is 21.7. The van der Waals surface area contributed by atoms with Crippen LogP contribution in [0.3, 0.4) is 0 Å². The van der Waals surface area contributed by atoms with Gasteiger partial charge in [-0.1, -0.05) is 56.8 Å². The zero-order chi connectivity index (χ0) is 31.7. The SMILES string of the molecule is C=C(F)C(=O)Nc1cccc2c1CC(c1cccc(C)c1CNc1nc(NC[C@H]3CCNC[C@@H]3O)nc3c(C(C)C)cnn13)=C2. The molecule has 2 aliphatic rings. The third-order valence-corrected chi connectivity index (χ3v) is 8.71. The number of nitrogens with one attached hydrogen (secondary N) is 4. The van der Waals surface area contributed by atoms with E-state index in [2.05, 4.69) is 71.9 Å². The monoisotopic (exact) mass is 610 g/mol. The molecule has 1 saturated heterocycles. The van der Waals surface area contributed by atoms with Crippen molar-refractivity contribution in [1.29, 1.82) is 0 Å². The fraction of sp³-hybridized carbons (Fsp3) is 0.353. The summed E-state index contributed by atoms with van der Waals surface area (Å²) in [5.41, 5.74) is 8.66. The standard InChI is InChI=1S/C34H39FN8O2/c1-19(2)27-17-39-43-31(27)41-33(37-15-23-11-12-36-18-30(23)44)42-34(43)38-16-28-20(3)7-5-9-25(28)24-13-22-8-6-10-29(26(22)14-24)40-32(45)21(4)35/h5-10,13,17,19,23,30,36,44H,4,11-12,14-16,18H2,1-3H3,(H,40,45)(H2,37,38,41,42)/t23-,30+/m1/s1. The van der Waals surface area contributed by atoms with Gasteiger partial charge in [0.2, 0.25) is 11.9 Å². The van der Waals surface area contributed by atoms with Crippen molar-refractivity contribution in [3.63, 3.8) is 0 Å². The van der Waals surface area contributed by atoms with Crippen molar-refractivity contribution in [2.75, 3.05) is 35.6 Å². The first-order valence-corrected chi connectivity index (χ1v) is 15.4. The number of halogens is 1. The van der Waals surface area contributed by atoms with Gasteiger partial charge in [-0.05, 0) is 65.3 Å². The van der Waals surface area contributed by atoms with Crippen LogP contribution in [0.4, 0.5) is 22.0 Å². The van der Waals surface area contributed by atoms with E-state index in [9.17, 15) is 14.3 Å². The number of benzene rings is 2. The summed E-state index contributed by atoms with van der Waals surface area (Å²) in [5, 5.41) is 27.8. The van der Waals surface area contributed by atoms with Gasteiger partial charge in [-0.2, -0.15) is 19.6 Å². The Morgan fingerprint density at radius 2 is 2.02 bits per heavy atom. The molecule has 1 aliphatic heterocycles. The molecule has 1 fully saturated rings. The number of aryl methyl sites for hydroxylation is 1. The van der Waals surface area contributed by atoms with E-state index in [0.717, 1.165) is 57.6 Å². The number of aliphatic hydroxyl groups is 1. The highest BCUT2D eigenvalue weighted by Crippen LogP contribution is 2.38. The number of hydrogen-bond donors (Lipinski definition) is 5. The van der Waals surface area contributed by atoms with Crippen molar-refractivity contribution in [3.05, 3.63) is 88.4 Å². The Labute approximate surface area is 261 Å². The van der Waals surface area contributed by atoms with E-state index >= 15 is 0 Å². The van der Waals surface area contributed by atoms with Crippen LogP contribution in [0.1, 0.15) is 59.6 Å². The summed E-state index contributed by atoms with van der Waals surface area (Å²) in [6.07, 6.45) is 5.01. The van der Waals surface area contributed by atoms with Gasteiger partial charge in [-0.25, -0.2) is 4.39 Å². The molecule has 3 heterocycles. The molecule has 0 saturated carbocycles. The molecule has 4 aromatic rings. The second-order valence-electron chi connectivity index (χ2n) is 12.1. The lowest BCUT2D eigenvalue weighted by Crippen LogP contribution is -2.43. The van der Waals surface area contributed by atoms with Gasteiger partial charge in [0.25, 0.3) is 5.91 Å². The van der Waals surface area contributed by atoms with Crippen molar-refractivity contribution >= 4 is 40.8 Å². The predicted molar refractivity (Wildman–Crippen MR) is 176 cm³/mol. The summed E-state index contributed by atoms with van der Waals surface area (Å²) in [6.45, 7) is 11.9.